The Kier molecular flexibility index (Phi) is 5.86. The predicted molar refractivity (Wildman–Crippen MR) is 139 cm³/mol. The minimum atomic E-state index is -1.34. The number of aliphatic hydroxyl groups is 2. The van der Waals surface area contributed by atoms with Gasteiger partial charge in [-0.25, -0.2) is 4.98 Å². The first kappa shape index (κ1) is 24.4. The summed E-state index contributed by atoms with van der Waals surface area (Å²) < 4.78 is 6.22. The molecule has 1 aromatic carbocycles. The van der Waals surface area contributed by atoms with Crippen molar-refractivity contribution in [1.29, 1.82) is 0 Å². The van der Waals surface area contributed by atoms with Crippen LogP contribution in [-0.4, -0.2) is 25.8 Å². The highest BCUT2D eigenvalue weighted by molar-refractivity contribution is 7.09. The van der Waals surface area contributed by atoms with Gasteiger partial charge in [-0.15, -0.1) is 11.3 Å². The van der Waals surface area contributed by atoms with E-state index in [0.29, 0.717) is 24.5 Å². The molecule has 1 saturated carbocycles. The third-order valence-corrected chi connectivity index (χ3v) is 9.74. The van der Waals surface area contributed by atoms with Crippen molar-refractivity contribution in [3.63, 3.8) is 0 Å². The van der Waals surface area contributed by atoms with Crippen molar-refractivity contribution in [3.8, 4) is 5.75 Å². The monoisotopic (exact) mass is 492 g/mol. The molecule has 2 aliphatic rings. The second-order valence-corrected chi connectivity index (χ2v) is 12.3. The van der Waals surface area contributed by atoms with Gasteiger partial charge in [0.1, 0.15) is 23.0 Å². The zero-order chi connectivity index (χ0) is 25.1. The summed E-state index contributed by atoms with van der Waals surface area (Å²) in [7, 11) is 0. The summed E-state index contributed by atoms with van der Waals surface area (Å²) in [6.07, 6.45) is 6.35. The number of nitrogens with zero attached hydrogens (tertiary/aromatic N) is 2. The second kappa shape index (κ2) is 8.39. The van der Waals surface area contributed by atoms with Crippen molar-refractivity contribution < 1.29 is 14.9 Å². The van der Waals surface area contributed by atoms with E-state index in [-0.39, 0.29) is 16.7 Å². The standard InChI is InChI=1S/C29H36N2O3S/c1-6-28-18-27(5,32)29(33,25-31-12-13-35-25)16-21(28)15-26(3,4)24-14-22(9-10-23(24)28)34-17-20-8-7-11-30-19(20)2/h7-14,21,32-33H,6,15-18H2,1-5H3/t21-,27-,28-,29+/m1/s1. The van der Waals surface area contributed by atoms with Crippen molar-refractivity contribution in [2.75, 3.05) is 0 Å². The average molecular weight is 493 g/mol. The third-order valence-electron chi connectivity index (χ3n) is 8.81. The number of benzene rings is 1. The number of hydrogen-bond acceptors (Lipinski definition) is 6. The third kappa shape index (κ3) is 3.81. The van der Waals surface area contributed by atoms with Gasteiger partial charge in [0.05, 0.1) is 5.60 Å². The fraction of sp³-hybridized carbons (Fsp3) is 0.517. The van der Waals surface area contributed by atoms with E-state index < -0.39 is 11.2 Å². The Morgan fingerprint density at radius 3 is 2.54 bits per heavy atom. The van der Waals surface area contributed by atoms with E-state index in [4.69, 9.17) is 4.74 Å². The zero-order valence-electron chi connectivity index (χ0n) is 21.3. The maximum Gasteiger partial charge on any atom is 0.144 e. The lowest BCUT2D eigenvalue weighted by molar-refractivity contribution is -0.207. The molecule has 0 bridgehead atoms. The maximum absolute atomic E-state index is 11.8. The molecule has 5 rings (SSSR count). The number of rotatable bonds is 5. The topological polar surface area (TPSA) is 75.5 Å². The summed E-state index contributed by atoms with van der Waals surface area (Å²) in [5.41, 5.74) is 1.70. The van der Waals surface area contributed by atoms with Crippen molar-refractivity contribution in [2.24, 2.45) is 5.92 Å². The van der Waals surface area contributed by atoms with Crippen molar-refractivity contribution in [3.05, 3.63) is 75.5 Å². The van der Waals surface area contributed by atoms with Crippen LogP contribution in [-0.2, 0) is 23.0 Å². The van der Waals surface area contributed by atoms with Gasteiger partial charge in [0.2, 0.25) is 0 Å². The van der Waals surface area contributed by atoms with Crippen molar-refractivity contribution >= 4 is 11.3 Å². The van der Waals surface area contributed by atoms with Gasteiger partial charge < -0.3 is 14.9 Å². The average Bonchev–Trinajstić information content (AvgIpc) is 3.36. The Morgan fingerprint density at radius 2 is 1.86 bits per heavy atom. The molecule has 0 aliphatic heterocycles. The number of aryl methyl sites for hydroxylation is 1. The molecule has 35 heavy (non-hydrogen) atoms. The van der Waals surface area contributed by atoms with Crippen LogP contribution in [0, 0.1) is 12.8 Å². The van der Waals surface area contributed by atoms with Gasteiger partial charge in [0.25, 0.3) is 0 Å². The van der Waals surface area contributed by atoms with Crippen molar-refractivity contribution in [2.45, 2.75) is 88.9 Å². The predicted octanol–water partition coefficient (Wildman–Crippen LogP) is 5.80. The highest BCUT2D eigenvalue weighted by atomic mass is 32.1. The lowest BCUT2D eigenvalue weighted by Crippen LogP contribution is -2.63. The van der Waals surface area contributed by atoms with E-state index >= 15 is 0 Å². The summed E-state index contributed by atoms with van der Waals surface area (Å²) in [6, 6.07) is 10.5. The highest BCUT2D eigenvalue weighted by Gasteiger charge is 2.63. The molecule has 2 aromatic heterocycles. The van der Waals surface area contributed by atoms with Gasteiger partial charge in [-0.2, -0.15) is 0 Å². The van der Waals surface area contributed by atoms with Crippen LogP contribution in [0.4, 0.5) is 0 Å². The molecule has 2 aliphatic carbocycles. The Morgan fingerprint density at radius 1 is 1.06 bits per heavy atom. The molecule has 2 N–H and O–H groups in total. The Hall–Kier alpha value is -2.28. The van der Waals surface area contributed by atoms with E-state index in [1.165, 1.54) is 22.5 Å². The molecule has 0 spiro atoms. The zero-order valence-corrected chi connectivity index (χ0v) is 22.2. The molecule has 2 heterocycles. The molecule has 4 atom stereocenters. The molecule has 0 saturated heterocycles. The summed E-state index contributed by atoms with van der Waals surface area (Å²) >= 11 is 1.43. The molecule has 1 fully saturated rings. The number of aromatic nitrogens is 2. The summed E-state index contributed by atoms with van der Waals surface area (Å²) in [4.78, 5) is 8.79. The van der Waals surface area contributed by atoms with E-state index in [1.54, 1.807) is 19.3 Å². The molecule has 0 amide bonds. The van der Waals surface area contributed by atoms with Crippen LogP contribution in [0.1, 0.15) is 80.8 Å². The van der Waals surface area contributed by atoms with E-state index in [2.05, 4.69) is 55.0 Å². The Balaban J connectivity index is 1.53. The summed E-state index contributed by atoms with van der Waals surface area (Å²) in [5, 5.41) is 26.1. The van der Waals surface area contributed by atoms with Crippen LogP contribution in [0.5, 0.6) is 5.75 Å². The first-order valence-electron chi connectivity index (χ1n) is 12.6. The minimum Gasteiger partial charge on any atom is -0.489 e. The van der Waals surface area contributed by atoms with Gasteiger partial charge in [-0.1, -0.05) is 32.9 Å². The molecule has 0 unspecified atom stereocenters. The van der Waals surface area contributed by atoms with E-state index in [1.807, 2.05) is 18.4 Å². The summed E-state index contributed by atoms with van der Waals surface area (Å²) in [5.74, 6) is 1.08. The number of hydrogen-bond donors (Lipinski definition) is 2. The molecular formula is C29H36N2O3S. The molecule has 0 radical (unpaired) electrons. The highest BCUT2D eigenvalue weighted by Crippen LogP contribution is 2.63. The number of fused-ring (bicyclic) bond motifs is 3. The molecule has 5 nitrogen and oxygen atoms in total. The lowest BCUT2D eigenvalue weighted by Gasteiger charge is -2.60. The fourth-order valence-electron chi connectivity index (χ4n) is 6.77. The van der Waals surface area contributed by atoms with Crippen LogP contribution >= 0.6 is 11.3 Å². The Labute approximate surface area is 212 Å². The summed E-state index contributed by atoms with van der Waals surface area (Å²) in [6.45, 7) is 11.1. The van der Waals surface area contributed by atoms with Gasteiger partial charge in [0.15, 0.2) is 0 Å². The van der Waals surface area contributed by atoms with Gasteiger partial charge in [-0.3, -0.25) is 4.98 Å². The number of pyridine rings is 1. The quantitative estimate of drug-likeness (QED) is 0.471. The smallest absolute Gasteiger partial charge is 0.144 e. The molecular weight excluding hydrogens is 456 g/mol. The van der Waals surface area contributed by atoms with Crippen LogP contribution < -0.4 is 4.74 Å². The van der Waals surface area contributed by atoms with Crippen LogP contribution in [0.3, 0.4) is 0 Å². The first-order chi connectivity index (χ1) is 16.5. The van der Waals surface area contributed by atoms with Gasteiger partial charge >= 0.3 is 0 Å². The van der Waals surface area contributed by atoms with E-state index in [9.17, 15) is 10.2 Å². The van der Waals surface area contributed by atoms with Crippen LogP contribution in [0.2, 0.25) is 0 Å². The van der Waals surface area contributed by atoms with Gasteiger partial charge in [-0.05, 0) is 80.2 Å². The maximum atomic E-state index is 11.8. The molecule has 3 aromatic rings. The van der Waals surface area contributed by atoms with Crippen LogP contribution in [0.15, 0.2) is 48.1 Å². The normalized spacial score (nSPS) is 31.5. The largest absolute Gasteiger partial charge is 0.489 e. The Bertz CT molecular complexity index is 1220. The van der Waals surface area contributed by atoms with E-state index in [0.717, 1.165) is 29.8 Å². The molecule has 6 heteroatoms. The van der Waals surface area contributed by atoms with Gasteiger partial charge in [0, 0.05) is 34.4 Å². The number of ether oxygens (including phenoxy) is 1. The minimum absolute atomic E-state index is 0.0881. The fourth-order valence-corrected chi connectivity index (χ4v) is 7.64. The molecule has 186 valence electrons. The first-order valence-corrected chi connectivity index (χ1v) is 13.4. The SMILES string of the molecule is CC[C@@]12C[C@@](C)(O)[C@@](O)(c3nccs3)C[C@H]1CC(C)(C)c1cc(OCc3cccnc3C)ccc12. The van der Waals surface area contributed by atoms with Crippen LogP contribution in [0.25, 0.3) is 0 Å². The van der Waals surface area contributed by atoms with Crippen molar-refractivity contribution in [1.82, 2.24) is 9.97 Å². The number of thiazole rings is 1. The lowest BCUT2D eigenvalue weighted by atomic mass is 9.46. The second-order valence-electron chi connectivity index (χ2n) is 11.4.